The molecule has 1 aromatic carbocycles. The fourth-order valence-electron chi connectivity index (χ4n) is 4.82. The Balaban J connectivity index is 1.55. The van der Waals surface area contributed by atoms with Gasteiger partial charge in [0.15, 0.2) is 17.1 Å². The normalized spacial score (nSPS) is 25.6. The zero-order chi connectivity index (χ0) is 24.7. The largest absolute Gasteiger partial charge is 0.363 e. The van der Waals surface area contributed by atoms with Gasteiger partial charge in [-0.3, -0.25) is 4.79 Å². The molecule has 0 saturated carbocycles. The molecule has 1 fully saturated rings. The van der Waals surface area contributed by atoms with Crippen LogP contribution in [0.4, 0.5) is 0 Å². The van der Waals surface area contributed by atoms with Gasteiger partial charge in [-0.1, -0.05) is 30.3 Å². The number of rotatable bonds is 8. The van der Waals surface area contributed by atoms with Crippen LogP contribution < -0.4 is 10.6 Å². The molecule has 8 nitrogen and oxygen atoms in total. The number of allylic oxidation sites excluding steroid dienone is 1. The number of amides is 1. The Bertz CT molecular complexity index is 1020. The highest BCUT2D eigenvalue weighted by Gasteiger charge is 2.45. The molecule has 2 heterocycles. The minimum atomic E-state index is -0.909. The number of thiocarbonyl (C=S) groups is 1. The van der Waals surface area contributed by atoms with Crippen molar-refractivity contribution in [3.63, 3.8) is 0 Å². The van der Waals surface area contributed by atoms with Gasteiger partial charge in [-0.05, 0) is 72.3 Å². The molecule has 1 aromatic rings. The van der Waals surface area contributed by atoms with Crippen molar-refractivity contribution in [2.24, 2.45) is 10.1 Å². The van der Waals surface area contributed by atoms with Gasteiger partial charge in [-0.2, -0.15) is 4.99 Å². The van der Waals surface area contributed by atoms with E-state index in [9.17, 15) is 4.79 Å². The van der Waals surface area contributed by atoms with Crippen LogP contribution in [0.3, 0.4) is 0 Å². The van der Waals surface area contributed by atoms with E-state index in [0.717, 1.165) is 44.6 Å². The lowest BCUT2D eigenvalue weighted by atomic mass is 9.87. The zero-order valence-electron chi connectivity index (χ0n) is 20.7. The zero-order valence-corrected chi connectivity index (χ0v) is 21.5. The molecule has 0 bridgehead atoms. The highest BCUT2D eigenvalue weighted by atomic mass is 32.1. The quantitative estimate of drug-likeness (QED) is 0.430. The van der Waals surface area contributed by atoms with Crippen molar-refractivity contribution in [2.45, 2.75) is 44.6 Å². The second-order valence-corrected chi connectivity index (χ2v) is 9.65. The van der Waals surface area contributed by atoms with Crippen LogP contribution in [0, 0.1) is 0 Å². The first-order valence-corrected chi connectivity index (χ1v) is 12.9. The molecule has 1 saturated heterocycles. The van der Waals surface area contributed by atoms with Crippen LogP contribution in [0.2, 0.25) is 0 Å². The van der Waals surface area contributed by atoms with Crippen molar-refractivity contribution < 1.29 is 9.50 Å². The SMILES string of the molecule is CCNC(=S)NC1(C(=O)N2CCCCC2)C=CC([N+]2(N(C)CCc3ccccc3)C=NC=N2)=CC1. The van der Waals surface area contributed by atoms with E-state index >= 15 is 0 Å². The van der Waals surface area contributed by atoms with Crippen molar-refractivity contribution in [1.29, 1.82) is 0 Å². The molecule has 2 unspecified atom stereocenters. The van der Waals surface area contributed by atoms with E-state index in [2.05, 4.69) is 51.0 Å². The first-order valence-electron chi connectivity index (χ1n) is 12.5. The first kappa shape index (κ1) is 25.2. The number of quaternary nitrogens is 1. The Labute approximate surface area is 213 Å². The standard InChI is InChI=1S/C26H35N7OS/c1-3-28-25(35)30-26(24(34)32-17-8-5-9-18-32)15-12-23(13-16-26)33(21-27-20-29-33)31(2)19-14-22-10-6-4-7-11-22/h4,6-7,10-13,15,20-21H,3,5,8-9,14,16-19H2,1-2H3,(H-,28,30,35)/p+1. The Hall–Kier alpha value is -2.88. The van der Waals surface area contributed by atoms with Gasteiger partial charge >= 0.3 is 0 Å². The average molecular weight is 495 g/mol. The van der Waals surface area contributed by atoms with E-state index in [1.54, 1.807) is 6.34 Å². The van der Waals surface area contributed by atoms with Gasteiger partial charge in [0, 0.05) is 39.2 Å². The van der Waals surface area contributed by atoms with Gasteiger partial charge in [0.2, 0.25) is 6.34 Å². The van der Waals surface area contributed by atoms with Crippen LogP contribution in [0.25, 0.3) is 0 Å². The van der Waals surface area contributed by atoms with Gasteiger partial charge in [-0.15, -0.1) is 5.01 Å². The molecule has 4 rings (SSSR count). The topological polar surface area (TPSA) is 72.3 Å². The van der Waals surface area contributed by atoms with Crippen molar-refractivity contribution in [2.75, 3.05) is 33.2 Å². The summed E-state index contributed by atoms with van der Waals surface area (Å²) in [5.74, 6) is 0.0755. The Morgan fingerprint density at radius 3 is 2.63 bits per heavy atom. The second-order valence-electron chi connectivity index (χ2n) is 9.24. The van der Waals surface area contributed by atoms with Gasteiger partial charge in [0.1, 0.15) is 5.54 Å². The molecule has 35 heavy (non-hydrogen) atoms. The summed E-state index contributed by atoms with van der Waals surface area (Å²) in [6, 6.07) is 10.4. The second kappa shape index (κ2) is 11.2. The number of likely N-dealkylation sites (tertiary alicyclic amines) is 1. The van der Waals surface area contributed by atoms with Crippen molar-refractivity contribution in [3.8, 4) is 0 Å². The van der Waals surface area contributed by atoms with Crippen molar-refractivity contribution >= 4 is 35.9 Å². The highest BCUT2D eigenvalue weighted by Crippen LogP contribution is 2.32. The fourth-order valence-corrected chi connectivity index (χ4v) is 5.15. The van der Waals surface area contributed by atoms with E-state index in [4.69, 9.17) is 17.3 Å². The highest BCUT2D eigenvalue weighted by molar-refractivity contribution is 7.80. The fraction of sp³-hybridized carbons (Fsp3) is 0.462. The molecule has 0 radical (unpaired) electrons. The Morgan fingerprint density at radius 2 is 2.00 bits per heavy atom. The third-order valence-corrected chi connectivity index (χ3v) is 7.11. The van der Waals surface area contributed by atoms with Crippen LogP contribution in [-0.2, 0) is 11.2 Å². The Kier molecular flexibility index (Phi) is 8.10. The number of nitrogens with one attached hydrogen (secondary N) is 2. The molecule has 186 valence electrons. The summed E-state index contributed by atoms with van der Waals surface area (Å²) in [7, 11) is 2.05. The molecule has 0 spiro atoms. The third-order valence-electron chi connectivity index (χ3n) is 6.86. The number of piperidine rings is 1. The molecule has 1 amide bonds. The molecule has 2 N–H and O–H groups in total. The van der Waals surface area contributed by atoms with Gasteiger partial charge < -0.3 is 15.5 Å². The smallest absolute Gasteiger partial charge is 0.252 e. The minimum absolute atomic E-state index is 0.0755. The summed E-state index contributed by atoms with van der Waals surface area (Å²) in [6.45, 7) is 5.06. The number of likely N-dealkylation sites (N-methyl/N-ethyl adjacent to an activating group) is 1. The monoisotopic (exact) mass is 494 g/mol. The molecule has 9 heteroatoms. The van der Waals surface area contributed by atoms with Crippen LogP contribution in [-0.4, -0.2) is 77.1 Å². The predicted octanol–water partition coefficient (Wildman–Crippen LogP) is 2.96. The summed E-state index contributed by atoms with van der Waals surface area (Å²) in [6.07, 6.45) is 14.1. The van der Waals surface area contributed by atoms with Crippen LogP contribution in [0.1, 0.15) is 38.2 Å². The molecular formula is C26H36N7OS+. The number of carbonyl (C=O) groups is 1. The molecule has 1 aliphatic carbocycles. The van der Waals surface area contributed by atoms with E-state index in [0.29, 0.717) is 18.1 Å². The first-order chi connectivity index (χ1) is 17.0. The maximum atomic E-state index is 13.7. The molecule has 2 aliphatic heterocycles. The molecular weight excluding hydrogens is 458 g/mol. The summed E-state index contributed by atoms with van der Waals surface area (Å²) in [5.41, 5.74) is 1.32. The number of hydrogen-bond donors (Lipinski definition) is 2. The summed E-state index contributed by atoms with van der Waals surface area (Å²) < 4.78 is 0.148. The predicted molar refractivity (Wildman–Crippen MR) is 144 cm³/mol. The number of hydrogen-bond acceptors (Lipinski definition) is 5. The van der Waals surface area contributed by atoms with Gasteiger partial charge in [0.05, 0.1) is 6.54 Å². The van der Waals surface area contributed by atoms with Crippen LogP contribution >= 0.6 is 12.2 Å². The summed E-state index contributed by atoms with van der Waals surface area (Å²) in [4.78, 5) is 20.0. The van der Waals surface area contributed by atoms with E-state index in [1.165, 1.54) is 12.0 Å². The lowest BCUT2D eigenvalue weighted by molar-refractivity contribution is -0.918. The third kappa shape index (κ3) is 5.52. The van der Waals surface area contributed by atoms with Gasteiger partial charge in [-0.25, -0.2) is 0 Å². The summed E-state index contributed by atoms with van der Waals surface area (Å²) >= 11 is 5.50. The number of carbonyl (C=O) groups excluding carboxylic acids is 1. The van der Waals surface area contributed by atoms with E-state index in [-0.39, 0.29) is 10.6 Å². The lowest BCUT2D eigenvalue weighted by Gasteiger charge is -2.40. The van der Waals surface area contributed by atoms with Crippen LogP contribution in [0.15, 0.2) is 64.4 Å². The molecule has 0 aromatic heterocycles. The molecule has 3 aliphatic rings. The maximum Gasteiger partial charge on any atom is 0.252 e. The van der Waals surface area contributed by atoms with Crippen molar-refractivity contribution in [1.82, 2.24) is 20.5 Å². The number of benzene rings is 1. The summed E-state index contributed by atoms with van der Waals surface area (Å²) in [5, 5.41) is 13.8. The lowest BCUT2D eigenvalue weighted by Crippen LogP contribution is -2.62. The maximum absolute atomic E-state index is 13.7. The number of nitrogens with zero attached hydrogens (tertiary/aromatic N) is 5. The van der Waals surface area contributed by atoms with E-state index in [1.807, 2.05) is 43.4 Å². The average Bonchev–Trinajstić information content (AvgIpc) is 3.40. The van der Waals surface area contributed by atoms with Crippen LogP contribution in [0.5, 0.6) is 0 Å². The number of aliphatic imine (C=N–C) groups is 1. The van der Waals surface area contributed by atoms with E-state index < -0.39 is 5.54 Å². The molecule has 2 atom stereocenters. The van der Waals surface area contributed by atoms with Crippen molar-refractivity contribution in [3.05, 3.63) is 59.8 Å². The Morgan fingerprint density at radius 1 is 1.23 bits per heavy atom. The minimum Gasteiger partial charge on any atom is -0.363 e. The van der Waals surface area contributed by atoms with Gasteiger partial charge in [0.25, 0.3) is 5.91 Å².